The van der Waals surface area contributed by atoms with E-state index in [1.165, 1.54) is 5.56 Å². The van der Waals surface area contributed by atoms with Crippen LogP contribution in [-0.2, 0) is 6.54 Å². The van der Waals surface area contributed by atoms with E-state index in [0.29, 0.717) is 6.04 Å². The molecule has 0 bridgehead atoms. The molecule has 0 aliphatic rings. The number of likely N-dealkylation sites (N-methyl/N-ethyl adjacent to an activating group) is 1. The van der Waals surface area contributed by atoms with Crippen LogP contribution in [0.1, 0.15) is 19.4 Å². The molecule has 0 amide bonds. The number of hydrogen-bond donors (Lipinski definition) is 1. The molecular weight excluding hydrogens is 184 g/mol. The number of benzene rings is 1. The summed E-state index contributed by atoms with van der Waals surface area (Å²) in [4.78, 5) is 2.34. The third-order valence-corrected chi connectivity index (χ3v) is 2.34. The summed E-state index contributed by atoms with van der Waals surface area (Å²) in [5.74, 6) is 0. The Kier molecular flexibility index (Phi) is 5.37. The van der Waals surface area contributed by atoms with Gasteiger partial charge in [0.1, 0.15) is 0 Å². The SMILES string of the molecule is CC(C)NCCN(C)Cc1ccccc1. The Morgan fingerprint density at radius 2 is 1.87 bits per heavy atom. The number of hydrogen-bond acceptors (Lipinski definition) is 2. The maximum atomic E-state index is 3.42. The minimum Gasteiger partial charge on any atom is -0.313 e. The highest BCUT2D eigenvalue weighted by molar-refractivity contribution is 5.14. The van der Waals surface area contributed by atoms with Crippen molar-refractivity contribution in [3.05, 3.63) is 35.9 Å². The molecule has 0 heterocycles. The monoisotopic (exact) mass is 206 g/mol. The zero-order chi connectivity index (χ0) is 11.1. The molecule has 15 heavy (non-hydrogen) atoms. The Morgan fingerprint density at radius 3 is 2.47 bits per heavy atom. The highest BCUT2D eigenvalue weighted by Gasteiger charge is 1.99. The molecule has 1 rings (SSSR count). The van der Waals surface area contributed by atoms with Crippen LogP contribution in [0, 0.1) is 0 Å². The first kappa shape index (κ1) is 12.2. The fraction of sp³-hybridized carbons (Fsp3) is 0.538. The second-order valence-electron chi connectivity index (χ2n) is 4.33. The van der Waals surface area contributed by atoms with Crippen molar-refractivity contribution in [1.82, 2.24) is 10.2 Å². The van der Waals surface area contributed by atoms with Crippen LogP contribution in [0.3, 0.4) is 0 Å². The third-order valence-electron chi connectivity index (χ3n) is 2.34. The summed E-state index contributed by atoms with van der Waals surface area (Å²) in [7, 11) is 2.16. The highest BCUT2D eigenvalue weighted by Crippen LogP contribution is 2.01. The molecule has 84 valence electrons. The Bertz CT molecular complexity index is 256. The number of nitrogens with one attached hydrogen (secondary N) is 1. The van der Waals surface area contributed by atoms with Gasteiger partial charge in [-0.25, -0.2) is 0 Å². The standard InChI is InChI=1S/C13H22N2/c1-12(2)14-9-10-15(3)11-13-7-5-4-6-8-13/h4-8,12,14H,9-11H2,1-3H3. The summed E-state index contributed by atoms with van der Waals surface area (Å²) in [6.45, 7) is 7.53. The van der Waals surface area contributed by atoms with Crippen LogP contribution >= 0.6 is 0 Å². The van der Waals surface area contributed by atoms with Crippen LogP contribution in [0.25, 0.3) is 0 Å². The molecular formula is C13H22N2. The van der Waals surface area contributed by atoms with Gasteiger partial charge in [0.2, 0.25) is 0 Å². The molecule has 0 unspecified atom stereocenters. The molecule has 0 fully saturated rings. The maximum absolute atomic E-state index is 3.42. The van der Waals surface area contributed by atoms with Gasteiger partial charge in [0.15, 0.2) is 0 Å². The average Bonchev–Trinajstić information content (AvgIpc) is 2.18. The molecule has 2 heteroatoms. The highest BCUT2D eigenvalue weighted by atomic mass is 15.1. The van der Waals surface area contributed by atoms with Crippen molar-refractivity contribution in [3.63, 3.8) is 0 Å². The summed E-state index contributed by atoms with van der Waals surface area (Å²) >= 11 is 0. The lowest BCUT2D eigenvalue weighted by molar-refractivity contribution is 0.320. The van der Waals surface area contributed by atoms with Gasteiger partial charge >= 0.3 is 0 Å². The minimum atomic E-state index is 0.579. The van der Waals surface area contributed by atoms with E-state index in [9.17, 15) is 0 Å². The van der Waals surface area contributed by atoms with Gasteiger partial charge < -0.3 is 10.2 Å². The van der Waals surface area contributed by atoms with Gasteiger partial charge in [-0.15, -0.1) is 0 Å². The van der Waals surface area contributed by atoms with Crippen molar-refractivity contribution in [3.8, 4) is 0 Å². The lowest BCUT2D eigenvalue weighted by Crippen LogP contribution is -2.32. The van der Waals surface area contributed by atoms with E-state index in [1.54, 1.807) is 0 Å². The first-order valence-corrected chi connectivity index (χ1v) is 5.64. The lowest BCUT2D eigenvalue weighted by Gasteiger charge is -2.18. The molecule has 1 N–H and O–H groups in total. The second kappa shape index (κ2) is 6.59. The molecule has 1 aromatic carbocycles. The molecule has 0 aromatic heterocycles. The third kappa shape index (κ3) is 5.55. The van der Waals surface area contributed by atoms with Gasteiger partial charge in [0, 0.05) is 25.7 Å². The van der Waals surface area contributed by atoms with E-state index < -0.39 is 0 Å². The van der Waals surface area contributed by atoms with E-state index in [0.717, 1.165) is 19.6 Å². The van der Waals surface area contributed by atoms with E-state index >= 15 is 0 Å². The molecule has 0 aliphatic heterocycles. The maximum Gasteiger partial charge on any atom is 0.0231 e. The Hall–Kier alpha value is -0.860. The van der Waals surface area contributed by atoms with Crippen molar-refractivity contribution in [2.24, 2.45) is 0 Å². The minimum absolute atomic E-state index is 0.579. The quantitative estimate of drug-likeness (QED) is 0.767. The van der Waals surface area contributed by atoms with Gasteiger partial charge in [-0.1, -0.05) is 44.2 Å². The zero-order valence-corrected chi connectivity index (χ0v) is 10.0. The van der Waals surface area contributed by atoms with E-state index in [4.69, 9.17) is 0 Å². The summed E-state index contributed by atoms with van der Waals surface area (Å²) < 4.78 is 0. The smallest absolute Gasteiger partial charge is 0.0231 e. The molecule has 2 nitrogen and oxygen atoms in total. The summed E-state index contributed by atoms with van der Waals surface area (Å²) in [6.07, 6.45) is 0. The molecule has 0 saturated heterocycles. The predicted octanol–water partition coefficient (Wildman–Crippen LogP) is 2.12. The van der Waals surface area contributed by atoms with Crippen LogP contribution in [0.2, 0.25) is 0 Å². The van der Waals surface area contributed by atoms with Gasteiger partial charge in [-0.2, -0.15) is 0 Å². The van der Waals surface area contributed by atoms with Crippen molar-refractivity contribution in [2.45, 2.75) is 26.4 Å². The Morgan fingerprint density at radius 1 is 1.20 bits per heavy atom. The largest absolute Gasteiger partial charge is 0.313 e. The van der Waals surface area contributed by atoms with Crippen LogP contribution in [-0.4, -0.2) is 31.1 Å². The number of rotatable bonds is 6. The van der Waals surface area contributed by atoms with Gasteiger partial charge in [-0.3, -0.25) is 0 Å². The summed E-state index contributed by atoms with van der Waals surface area (Å²) in [5.41, 5.74) is 1.38. The predicted molar refractivity (Wildman–Crippen MR) is 65.9 cm³/mol. The lowest BCUT2D eigenvalue weighted by atomic mass is 10.2. The van der Waals surface area contributed by atoms with Crippen molar-refractivity contribution in [2.75, 3.05) is 20.1 Å². The van der Waals surface area contributed by atoms with Crippen molar-refractivity contribution in [1.29, 1.82) is 0 Å². The van der Waals surface area contributed by atoms with Crippen molar-refractivity contribution < 1.29 is 0 Å². The van der Waals surface area contributed by atoms with Gasteiger partial charge in [0.25, 0.3) is 0 Å². The van der Waals surface area contributed by atoms with E-state index in [2.05, 4.69) is 61.4 Å². The molecule has 0 radical (unpaired) electrons. The molecule has 0 spiro atoms. The van der Waals surface area contributed by atoms with Gasteiger partial charge in [0.05, 0.1) is 0 Å². The molecule has 0 saturated carbocycles. The van der Waals surface area contributed by atoms with Crippen LogP contribution in [0.4, 0.5) is 0 Å². The first-order chi connectivity index (χ1) is 7.18. The second-order valence-corrected chi connectivity index (χ2v) is 4.33. The Labute approximate surface area is 93.3 Å². The number of nitrogens with zero attached hydrogens (tertiary/aromatic N) is 1. The normalized spacial score (nSPS) is 11.3. The van der Waals surface area contributed by atoms with Crippen LogP contribution in [0.15, 0.2) is 30.3 Å². The topological polar surface area (TPSA) is 15.3 Å². The van der Waals surface area contributed by atoms with Gasteiger partial charge in [-0.05, 0) is 12.6 Å². The molecule has 0 atom stereocenters. The average molecular weight is 206 g/mol. The van der Waals surface area contributed by atoms with E-state index in [1.807, 2.05) is 0 Å². The zero-order valence-electron chi connectivity index (χ0n) is 10.0. The fourth-order valence-electron chi connectivity index (χ4n) is 1.52. The fourth-order valence-corrected chi connectivity index (χ4v) is 1.52. The van der Waals surface area contributed by atoms with Crippen LogP contribution in [0.5, 0.6) is 0 Å². The Balaban J connectivity index is 2.21. The van der Waals surface area contributed by atoms with Crippen LogP contribution < -0.4 is 5.32 Å². The summed E-state index contributed by atoms with van der Waals surface area (Å²) in [6, 6.07) is 11.2. The van der Waals surface area contributed by atoms with E-state index in [-0.39, 0.29) is 0 Å². The molecule has 0 aliphatic carbocycles. The molecule has 1 aromatic rings. The first-order valence-electron chi connectivity index (χ1n) is 5.64. The summed E-state index contributed by atoms with van der Waals surface area (Å²) in [5, 5.41) is 3.42. The van der Waals surface area contributed by atoms with Crippen molar-refractivity contribution >= 4 is 0 Å².